The van der Waals surface area contributed by atoms with Crippen molar-refractivity contribution in [2.45, 2.75) is 44.2 Å². The van der Waals surface area contributed by atoms with Gasteiger partial charge in [-0.25, -0.2) is 21.6 Å². The molecule has 0 radical (unpaired) electrons. The maximum atomic E-state index is 13.3. The minimum Gasteiger partial charge on any atom is -0.486 e. The van der Waals surface area contributed by atoms with Gasteiger partial charge in [-0.15, -0.1) is 0 Å². The number of ether oxygens (including phenoxy) is 2. The lowest BCUT2D eigenvalue weighted by molar-refractivity contribution is 0.0217. The number of hydrogen-bond donors (Lipinski definition) is 1. The monoisotopic (exact) mass is 499 g/mol. The van der Waals surface area contributed by atoms with Crippen LogP contribution in [0.1, 0.15) is 42.9 Å². The van der Waals surface area contributed by atoms with E-state index < -0.39 is 20.0 Å². The van der Waals surface area contributed by atoms with Gasteiger partial charge in [-0.2, -0.15) is 4.31 Å². The van der Waals surface area contributed by atoms with Gasteiger partial charge >= 0.3 is 0 Å². The number of hydrogen-bond acceptors (Lipinski definition) is 7. The first kappa shape index (κ1) is 23.3. The summed E-state index contributed by atoms with van der Waals surface area (Å²) >= 11 is 0. The molecule has 0 spiro atoms. The van der Waals surface area contributed by atoms with Crippen molar-refractivity contribution in [1.82, 2.24) is 13.9 Å². The molecule has 1 aromatic rings. The predicted octanol–water partition coefficient (Wildman–Crippen LogP) is 1.11. The van der Waals surface area contributed by atoms with Crippen LogP contribution in [0.4, 0.5) is 0 Å². The molecule has 11 heteroatoms. The summed E-state index contributed by atoms with van der Waals surface area (Å²) < 4.78 is 64.8. The van der Waals surface area contributed by atoms with Gasteiger partial charge in [0.1, 0.15) is 13.2 Å². The topological polar surface area (TPSA) is 105 Å². The smallest absolute Gasteiger partial charge is 0.214 e. The second-order valence-corrected chi connectivity index (χ2v) is 13.5. The fourth-order valence-corrected chi connectivity index (χ4v) is 8.25. The molecule has 0 amide bonds. The Hall–Kier alpha value is -1.40. The third kappa shape index (κ3) is 4.88. The summed E-state index contributed by atoms with van der Waals surface area (Å²) in [6, 6.07) is 4.37. The predicted molar refractivity (Wildman–Crippen MR) is 125 cm³/mol. The van der Waals surface area contributed by atoms with E-state index in [0.29, 0.717) is 25.7 Å². The number of fused-ring (bicyclic) bond motifs is 5. The first-order valence-corrected chi connectivity index (χ1v) is 15.3. The van der Waals surface area contributed by atoms with Gasteiger partial charge in [-0.05, 0) is 61.3 Å². The summed E-state index contributed by atoms with van der Waals surface area (Å²) in [5, 5.41) is 0. The van der Waals surface area contributed by atoms with E-state index in [9.17, 15) is 16.8 Å². The van der Waals surface area contributed by atoms with Gasteiger partial charge < -0.3 is 9.47 Å². The molecule has 0 aliphatic carbocycles. The van der Waals surface area contributed by atoms with Crippen molar-refractivity contribution in [1.29, 1.82) is 0 Å². The molecule has 1 aromatic carbocycles. The fourth-order valence-electron chi connectivity index (χ4n) is 5.91. The number of nitrogens with zero attached hydrogens (tertiary/aromatic N) is 2. The van der Waals surface area contributed by atoms with Gasteiger partial charge in [0.05, 0.1) is 12.0 Å². The van der Waals surface area contributed by atoms with Gasteiger partial charge in [0.2, 0.25) is 20.0 Å². The highest BCUT2D eigenvalue weighted by molar-refractivity contribution is 7.89. The third-order valence-electron chi connectivity index (χ3n) is 7.37. The van der Waals surface area contributed by atoms with Crippen LogP contribution in [0.2, 0.25) is 0 Å². The SMILES string of the molecule is CS(=O)(=O)NCCCS(=O)(=O)N1CCC[C@@H]2CN3CCc4cc5c(cc4[C@@H]3C[C@@H]21)OCCO5. The van der Waals surface area contributed by atoms with E-state index in [1.165, 1.54) is 11.1 Å². The standard InChI is InChI=1S/C22H33N3O6S2/c1-32(26,27)23-6-3-11-33(28,29)25-7-2-4-17-15-24-8-5-16-12-21-22(31-10-9-30-21)13-18(16)20(24)14-19(17)25/h12-13,17,19-20,23H,2-11,14-15H2,1H3/t17-,19+,20+/m1/s1. The van der Waals surface area contributed by atoms with Crippen molar-refractivity contribution in [3.05, 3.63) is 23.3 Å². The summed E-state index contributed by atoms with van der Waals surface area (Å²) in [5.74, 6) is 1.89. The molecular weight excluding hydrogens is 466 g/mol. The maximum absolute atomic E-state index is 13.3. The minimum atomic E-state index is -3.47. The first-order chi connectivity index (χ1) is 15.7. The summed E-state index contributed by atoms with van der Waals surface area (Å²) in [7, 11) is -6.78. The second-order valence-electron chi connectivity index (χ2n) is 9.61. The molecule has 5 rings (SSSR count). The molecule has 4 aliphatic rings. The molecule has 9 nitrogen and oxygen atoms in total. The molecule has 184 valence electrons. The van der Waals surface area contributed by atoms with Crippen molar-refractivity contribution in [3.63, 3.8) is 0 Å². The Balaban J connectivity index is 1.34. The Morgan fingerprint density at radius 2 is 1.85 bits per heavy atom. The van der Waals surface area contributed by atoms with E-state index >= 15 is 0 Å². The zero-order valence-corrected chi connectivity index (χ0v) is 20.7. The van der Waals surface area contributed by atoms with Gasteiger partial charge in [0, 0.05) is 38.3 Å². The van der Waals surface area contributed by atoms with Crippen molar-refractivity contribution in [3.8, 4) is 11.5 Å². The van der Waals surface area contributed by atoms with Crippen molar-refractivity contribution >= 4 is 20.0 Å². The van der Waals surface area contributed by atoms with E-state index in [-0.39, 0.29) is 30.8 Å². The lowest BCUT2D eigenvalue weighted by Gasteiger charge is -2.51. The Labute approximate surface area is 196 Å². The number of benzene rings is 1. The van der Waals surface area contributed by atoms with Crippen molar-refractivity contribution in [2.24, 2.45) is 5.92 Å². The maximum Gasteiger partial charge on any atom is 0.214 e. The minimum absolute atomic E-state index is 0.0213. The van der Waals surface area contributed by atoms with Crippen LogP contribution in [-0.2, 0) is 26.5 Å². The molecule has 2 saturated heterocycles. The Bertz CT molecular complexity index is 1110. The van der Waals surface area contributed by atoms with Gasteiger partial charge in [0.25, 0.3) is 0 Å². The van der Waals surface area contributed by atoms with Crippen LogP contribution in [0.3, 0.4) is 0 Å². The van der Waals surface area contributed by atoms with Crippen LogP contribution in [0.5, 0.6) is 11.5 Å². The van der Waals surface area contributed by atoms with Gasteiger partial charge in [-0.1, -0.05) is 0 Å². The highest BCUT2D eigenvalue weighted by atomic mass is 32.2. The quantitative estimate of drug-likeness (QED) is 0.585. The summed E-state index contributed by atoms with van der Waals surface area (Å²) in [5.41, 5.74) is 2.51. The average molecular weight is 500 g/mol. The van der Waals surface area contributed by atoms with Crippen LogP contribution < -0.4 is 14.2 Å². The summed E-state index contributed by atoms with van der Waals surface area (Å²) in [6.07, 6.45) is 5.01. The molecule has 0 bridgehead atoms. The number of sulfonamides is 2. The summed E-state index contributed by atoms with van der Waals surface area (Å²) in [6.45, 7) is 3.68. The van der Waals surface area contributed by atoms with Crippen LogP contribution in [0.25, 0.3) is 0 Å². The normalized spacial score (nSPS) is 28.0. The Kier molecular flexibility index (Phi) is 6.36. The van der Waals surface area contributed by atoms with Gasteiger partial charge in [0.15, 0.2) is 11.5 Å². The average Bonchev–Trinajstić information content (AvgIpc) is 2.78. The van der Waals surface area contributed by atoms with Crippen molar-refractivity contribution in [2.75, 3.05) is 51.4 Å². The molecule has 33 heavy (non-hydrogen) atoms. The number of nitrogens with one attached hydrogen (secondary N) is 1. The fraction of sp³-hybridized carbons (Fsp3) is 0.727. The molecule has 4 aliphatic heterocycles. The molecule has 4 heterocycles. The molecule has 0 aromatic heterocycles. The van der Waals surface area contributed by atoms with E-state index in [0.717, 1.165) is 56.5 Å². The molecule has 0 saturated carbocycles. The van der Waals surface area contributed by atoms with E-state index in [2.05, 4.69) is 21.8 Å². The Morgan fingerprint density at radius 3 is 2.61 bits per heavy atom. The third-order valence-corrected chi connectivity index (χ3v) is 10.1. The molecule has 2 fully saturated rings. The molecule has 1 N–H and O–H groups in total. The summed E-state index contributed by atoms with van der Waals surface area (Å²) in [4.78, 5) is 2.52. The molecular formula is C22H33N3O6S2. The zero-order valence-electron chi connectivity index (χ0n) is 19.0. The molecule has 0 unspecified atom stereocenters. The number of piperidine rings is 2. The van der Waals surface area contributed by atoms with E-state index in [1.54, 1.807) is 4.31 Å². The second kappa shape index (κ2) is 8.99. The van der Waals surface area contributed by atoms with Crippen LogP contribution in [0, 0.1) is 5.92 Å². The van der Waals surface area contributed by atoms with E-state index in [4.69, 9.17) is 9.47 Å². The highest BCUT2D eigenvalue weighted by Crippen LogP contribution is 2.46. The van der Waals surface area contributed by atoms with Crippen LogP contribution in [-0.4, -0.2) is 83.5 Å². The van der Waals surface area contributed by atoms with Crippen LogP contribution >= 0.6 is 0 Å². The van der Waals surface area contributed by atoms with Gasteiger partial charge in [-0.3, -0.25) is 4.90 Å². The first-order valence-electron chi connectivity index (χ1n) is 11.8. The van der Waals surface area contributed by atoms with Crippen molar-refractivity contribution < 1.29 is 26.3 Å². The highest BCUT2D eigenvalue weighted by Gasteiger charge is 2.46. The lowest BCUT2D eigenvalue weighted by atomic mass is 9.77. The lowest BCUT2D eigenvalue weighted by Crippen LogP contribution is -2.57. The Morgan fingerprint density at radius 1 is 1.09 bits per heavy atom. The molecule has 3 atom stereocenters. The van der Waals surface area contributed by atoms with E-state index in [1.807, 2.05) is 0 Å². The largest absolute Gasteiger partial charge is 0.486 e. The number of rotatable bonds is 6. The van der Waals surface area contributed by atoms with Crippen LogP contribution in [0.15, 0.2) is 12.1 Å². The zero-order chi connectivity index (χ0) is 23.2.